The van der Waals surface area contributed by atoms with Crippen molar-refractivity contribution in [3.05, 3.63) is 59.4 Å². The standard InChI is InChI=1S/C24H24FN7O/c1-14-3-6-18(19(25)9-14)21-22-23(28-15(2)10-26-22)30-24(29-21)31-7-8-33-20(13-31)16-11-27-32(12-16)17-4-5-17/h3,6,9-12,17,20H,4-5,7-8,13H2,1-2H3/t20-/m1/s1. The van der Waals surface area contributed by atoms with E-state index in [0.717, 1.165) is 16.8 Å². The van der Waals surface area contributed by atoms with Crippen molar-refractivity contribution in [3.8, 4) is 11.3 Å². The van der Waals surface area contributed by atoms with Crippen LogP contribution in [0.25, 0.3) is 22.4 Å². The first-order valence-electron chi connectivity index (χ1n) is 11.2. The van der Waals surface area contributed by atoms with Crippen LogP contribution in [0.15, 0.2) is 36.8 Å². The molecule has 0 radical (unpaired) electrons. The molecular weight excluding hydrogens is 421 g/mol. The van der Waals surface area contributed by atoms with Gasteiger partial charge in [0.2, 0.25) is 5.95 Å². The van der Waals surface area contributed by atoms with Crippen molar-refractivity contribution in [2.45, 2.75) is 38.8 Å². The van der Waals surface area contributed by atoms with Crippen LogP contribution < -0.4 is 4.90 Å². The Morgan fingerprint density at radius 1 is 1.09 bits per heavy atom. The van der Waals surface area contributed by atoms with E-state index in [1.807, 2.05) is 30.8 Å². The van der Waals surface area contributed by atoms with Gasteiger partial charge in [0.15, 0.2) is 5.65 Å². The number of fused-ring (bicyclic) bond motifs is 1. The molecule has 4 heterocycles. The Bertz CT molecular complexity index is 1350. The first-order valence-corrected chi connectivity index (χ1v) is 11.2. The summed E-state index contributed by atoms with van der Waals surface area (Å²) in [6.45, 7) is 5.47. The highest BCUT2D eigenvalue weighted by Crippen LogP contribution is 2.35. The molecule has 2 fully saturated rings. The third kappa shape index (κ3) is 3.82. The van der Waals surface area contributed by atoms with Crippen molar-refractivity contribution in [1.82, 2.24) is 29.7 Å². The molecule has 168 valence electrons. The fourth-order valence-electron chi connectivity index (χ4n) is 4.21. The molecule has 4 aromatic rings. The van der Waals surface area contributed by atoms with Gasteiger partial charge in [-0.1, -0.05) is 6.07 Å². The van der Waals surface area contributed by atoms with Crippen LogP contribution in [0.5, 0.6) is 0 Å². The summed E-state index contributed by atoms with van der Waals surface area (Å²) >= 11 is 0. The molecule has 0 amide bonds. The van der Waals surface area contributed by atoms with Gasteiger partial charge >= 0.3 is 0 Å². The number of hydrogen-bond donors (Lipinski definition) is 0. The third-order valence-corrected chi connectivity index (χ3v) is 6.16. The van der Waals surface area contributed by atoms with E-state index >= 15 is 0 Å². The van der Waals surface area contributed by atoms with E-state index in [1.54, 1.807) is 12.3 Å². The molecule has 1 aliphatic heterocycles. The second-order valence-electron chi connectivity index (χ2n) is 8.83. The molecule has 6 rings (SSSR count). The lowest BCUT2D eigenvalue weighted by Gasteiger charge is -2.32. The fourth-order valence-corrected chi connectivity index (χ4v) is 4.21. The third-order valence-electron chi connectivity index (χ3n) is 6.16. The molecule has 0 spiro atoms. The lowest BCUT2D eigenvalue weighted by molar-refractivity contribution is 0.0392. The van der Waals surface area contributed by atoms with Crippen LogP contribution >= 0.6 is 0 Å². The van der Waals surface area contributed by atoms with E-state index in [1.165, 1.54) is 18.9 Å². The highest BCUT2D eigenvalue weighted by atomic mass is 19.1. The topological polar surface area (TPSA) is 81.9 Å². The number of rotatable bonds is 4. The minimum atomic E-state index is -0.337. The van der Waals surface area contributed by atoms with Crippen LogP contribution in [0.3, 0.4) is 0 Å². The van der Waals surface area contributed by atoms with E-state index in [9.17, 15) is 4.39 Å². The van der Waals surface area contributed by atoms with Crippen LogP contribution in [0, 0.1) is 19.7 Å². The summed E-state index contributed by atoms with van der Waals surface area (Å²) in [4.78, 5) is 20.6. The van der Waals surface area contributed by atoms with Gasteiger partial charge in [-0.3, -0.25) is 4.68 Å². The predicted molar refractivity (Wildman–Crippen MR) is 121 cm³/mol. The number of nitrogens with zero attached hydrogens (tertiary/aromatic N) is 7. The molecule has 2 aliphatic rings. The first-order chi connectivity index (χ1) is 16.0. The quantitative estimate of drug-likeness (QED) is 0.470. The molecule has 3 aromatic heterocycles. The number of benzene rings is 1. The zero-order chi connectivity index (χ0) is 22.5. The van der Waals surface area contributed by atoms with Crippen LogP contribution in [-0.4, -0.2) is 49.4 Å². The number of hydrogen-bond acceptors (Lipinski definition) is 7. The smallest absolute Gasteiger partial charge is 0.228 e. The van der Waals surface area contributed by atoms with Crippen molar-refractivity contribution < 1.29 is 9.13 Å². The number of anilines is 1. The van der Waals surface area contributed by atoms with Gasteiger partial charge < -0.3 is 9.64 Å². The Morgan fingerprint density at radius 2 is 1.97 bits per heavy atom. The first kappa shape index (κ1) is 20.2. The van der Waals surface area contributed by atoms with Gasteiger partial charge in [-0.05, 0) is 44.4 Å². The lowest BCUT2D eigenvalue weighted by atomic mass is 10.1. The average Bonchev–Trinajstić information content (AvgIpc) is 3.54. The maximum absolute atomic E-state index is 14.9. The number of aryl methyl sites for hydroxylation is 2. The summed E-state index contributed by atoms with van der Waals surface area (Å²) in [5, 5.41) is 4.50. The maximum atomic E-state index is 14.9. The highest BCUT2D eigenvalue weighted by Gasteiger charge is 2.29. The molecule has 1 aliphatic carbocycles. The predicted octanol–water partition coefficient (Wildman–Crippen LogP) is 3.95. The van der Waals surface area contributed by atoms with Crippen molar-refractivity contribution >= 4 is 17.1 Å². The SMILES string of the molecule is Cc1ccc(-c2nc(N3CCO[C@@H](c4cnn(C5CC5)c4)C3)nc3nc(C)cnc23)c(F)c1. The largest absolute Gasteiger partial charge is 0.370 e. The molecule has 8 nitrogen and oxygen atoms in total. The molecule has 1 atom stereocenters. The second-order valence-corrected chi connectivity index (χ2v) is 8.83. The van der Waals surface area contributed by atoms with Gasteiger partial charge in [0.1, 0.15) is 23.1 Å². The fraction of sp³-hybridized carbons (Fsp3) is 0.375. The summed E-state index contributed by atoms with van der Waals surface area (Å²) in [5.74, 6) is 0.163. The normalized spacial score (nSPS) is 18.8. The Kier molecular flexibility index (Phi) is 4.79. The van der Waals surface area contributed by atoms with Gasteiger partial charge in [0, 0.05) is 30.1 Å². The zero-order valence-corrected chi connectivity index (χ0v) is 18.6. The van der Waals surface area contributed by atoms with E-state index < -0.39 is 0 Å². The van der Waals surface area contributed by atoms with Crippen LogP contribution in [0.4, 0.5) is 10.3 Å². The van der Waals surface area contributed by atoms with Crippen LogP contribution in [0.2, 0.25) is 0 Å². The summed E-state index contributed by atoms with van der Waals surface area (Å²) in [7, 11) is 0. The molecule has 33 heavy (non-hydrogen) atoms. The minimum absolute atomic E-state index is 0.131. The summed E-state index contributed by atoms with van der Waals surface area (Å²) in [6.07, 6.45) is 7.85. The molecule has 1 saturated carbocycles. The zero-order valence-electron chi connectivity index (χ0n) is 18.6. The molecule has 9 heteroatoms. The van der Waals surface area contributed by atoms with Crippen molar-refractivity contribution in [2.75, 3.05) is 24.6 Å². The Labute approximate surface area is 190 Å². The molecule has 0 unspecified atom stereocenters. The van der Waals surface area contributed by atoms with Gasteiger partial charge in [-0.15, -0.1) is 0 Å². The van der Waals surface area contributed by atoms with E-state index in [-0.39, 0.29) is 11.9 Å². The summed E-state index contributed by atoms with van der Waals surface area (Å²) in [5.41, 5.74) is 4.43. The maximum Gasteiger partial charge on any atom is 0.228 e. The average molecular weight is 446 g/mol. The van der Waals surface area contributed by atoms with Gasteiger partial charge in [0.05, 0.1) is 31.1 Å². The van der Waals surface area contributed by atoms with Crippen LogP contribution in [-0.2, 0) is 4.74 Å². The van der Waals surface area contributed by atoms with E-state index in [0.29, 0.717) is 54.1 Å². The van der Waals surface area contributed by atoms with E-state index in [4.69, 9.17) is 14.7 Å². The Balaban J connectivity index is 1.39. The Hall–Kier alpha value is -3.46. The Morgan fingerprint density at radius 3 is 2.79 bits per heavy atom. The van der Waals surface area contributed by atoms with Crippen molar-refractivity contribution in [2.24, 2.45) is 0 Å². The molecule has 1 aromatic carbocycles. The van der Waals surface area contributed by atoms with Crippen molar-refractivity contribution in [3.63, 3.8) is 0 Å². The van der Waals surface area contributed by atoms with Crippen LogP contribution in [0.1, 0.15) is 41.8 Å². The summed E-state index contributed by atoms with van der Waals surface area (Å²) < 4.78 is 23.0. The summed E-state index contributed by atoms with van der Waals surface area (Å²) in [6, 6.07) is 5.64. The lowest BCUT2D eigenvalue weighted by Crippen LogP contribution is -2.39. The number of aromatic nitrogens is 6. The molecule has 1 saturated heterocycles. The number of morpholine rings is 1. The molecule has 0 N–H and O–H groups in total. The van der Waals surface area contributed by atoms with Crippen molar-refractivity contribution in [1.29, 1.82) is 0 Å². The van der Waals surface area contributed by atoms with E-state index in [2.05, 4.69) is 26.2 Å². The van der Waals surface area contributed by atoms with Gasteiger partial charge in [-0.2, -0.15) is 10.1 Å². The number of ether oxygens (including phenoxy) is 1. The number of halogens is 1. The highest BCUT2D eigenvalue weighted by molar-refractivity contribution is 5.88. The monoisotopic (exact) mass is 445 g/mol. The van der Waals surface area contributed by atoms with Gasteiger partial charge in [-0.25, -0.2) is 19.3 Å². The minimum Gasteiger partial charge on any atom is -0.370 e. The molecular formula is C24H24FN7O. The van der Waals surface area contributed by atoms with Gasteiger partial charge in [0.25, 0.3) is 0 Å². The molecule has 0 bridgehead atoms. The second kappa shape index (κ2) is 7.84.